The zero-order valence-electron chi connectivity index (χ0n) is 13.5. The average Bonchev–Trinajstić information content (AvgIpc) is 2.89. The first kappa shape index (κ1) is 18.9. The van der Waals surface area contributed by atoms with Gasteiger partial charge in [-0.15, -0.1) is 0 Å². The molecule has 0 fully saturated rings. The van der Waals surface area contributed by atoms with Gasteiger partial charge in [-0.25, -0.2) is 0 Å². The van der Waals surface area contributed by atoms with E-state index in [-0.39, 0.29) is 16.9 Å². The van der Waals surface area contributed by atoms with E-state index in [1.54, 1.807) is 24.3 Å². The van der Waals surface area contributed by atoms with Gasteiger partial charge in [-0.05, 0) is 36.5 Å². The highest BCUT2D eigenvalue weighted by atomic mass is 32.1. The normalized spacial score (nSPS) is 11.3. The third-order valence-electron chi connectivity index (χ3n) is 3.68. The molecule has 27 heavy (non-hydrogen) atoms. The van der Waals surface area contributed by atoms with Gasteiger partial charge in [-0.1, -0.05) is 12.1 Å². The summed E-state index contributed by atoms with van der Waals surface area (Å²) in [5, 5.41) is 0. The summed E-state index contributed by atoms with van der Waals surface area (Å²) in [4.78, 5) is 15.6. The van der Waals surface area contributed by atoms with Crippen LogP contribution in [0, 0.1) is 4.77 Å². The number of aromatic nitrogens is 2. The maximum atomic E-state index is 12.7. The molecule has 1 N–H and O–H groups in total. The number of ether oxygens (including phenoxy) is 2. The summed E-state index contributed by atoms with van der Waals surface area (Å²) >= 11 is 5.19. The second-order valence-corrected chi connectivity index (χ2v) is 5.76. The smallest absolute Gasteiger partial charge is 0.387 e. The van der Waals surface area contributed by atoms with Gasteiger partial charge < -0.3 is 19.0 Å². The number of nitrogens with zero attached hydrogens (tertiary/aromatic N) is 1. The van der Waals surface area contributed by atoms with Crippen LogP contribution in [-0.2, 0) is 6.54 Å². The van der Waals surface area contributed by atoms with Crippen molar-refractivity contribution in [2.45, 2.75) is 19.8 Å². The summed E-state index contributed by atoms with van der Waals surface area (Å²) in [5.41, 5.74) is 1.16. The molecule has 0 bridgehead atoms. The van der Waals surface area contributed by atoms with E-state index in [0.717, 1.165) is 18.2 Å². The number of benzene rings is 2. The van der Waals surface area contributed by atoms with Gasteiger partial charge in [-0.2, -0.15) is 17.6 Å². The van der Waals surface area contributed by atoms with Crippen molar-refractivity contribution in [1.29, 1.82) is 0 Å². The molecule has 0 unspecified atom stereocenters. The molecule has 0 aliphatic carbocycles. The Morgan fingerprint density at radius 3 is 2.48 bits per heavy atom. The molecule has 5 nitrogen and oxygen atoms in total. The Kier molecular flexibility index (Phi) is 5.45. The van der Waals surface area contributed by atoms with Crippen LogP contribution in [0.2, 0.25) is 0 Å². The predicted octanol–water partition coefficient (Wildman–Crippen LogP) is 4.78. The summed E-state index contributed by atoms with van der Waals surface area (Å²) in [6.07, 6.45) is 0. The summed E-state index contributed by atoms with van der Waals surface area (Å²) in [6.45, 7) is -6.64. The van der Waals surface area contributed by atoms with E-state index in [2.05, 4.69) is 14.5 Å². The monoisotopic (exact) mass is 400 g/mol. The molecule has 0 saturated carbocycles. The van der Waals surface area contributed by atoms with Crippen LogP contribution in [0.3, 0.4) is 0 Å². The van der Waals surface area contributed by atoms with Crippen LogP contribution in [0.4, 0.5) is 17.6 Å². The van der Waals surface area contributed by atoms with Gasteiger partial charge in [0, 0.05) is 6.07 Å². The first-order valence-corrected chi connectivity index (χ1v) is 8.00. The topological polar surface area (TPSA) is 56.2 Å². The SMILES string of the molecule is O=C(Cn1c(=S)[nH]c2ccccc21)c1ccc(OC(F)F)cc1OC(F)F. The van der Waals surface area contributed by atoms with Crippen molar-refractivity contribution in [3.8, 4) is 11.5 Å². The van der Waals surface area contributed by atoms with Gasteiger partial charge in [0.1, 0.15) is 11.5 Å². The second-order valence-electron chi connectivity index (χ2n) is 5.37. The van der Waals surface area contributed by atoms with Gasteiger partial charge >= 0.3 is 13.2 Å². The molecule has 0 aliphatic rings. The number of hydrogen-bond acceptors (Lipinski definition) is 4. The molecule has 142 valence electrons. The van der Waals surface area contributed by atoms with E-state index in [0.29, 0.717) is 11.0 Å². The maximum Gasteiger partial charge on any atom is 0.387 e. The highest BCUT2D eigenvalue weighted by Crippen LogP contribution is 2.28. The van der Waals surface area contributed by atoms with Crippen LogP contribution in [0.25, 0.3) is 11.0 Å². The van der Waals surface area contributed by atoms with Crippen LogP contribution in [0.15, 0.2) is 42.5 Å². The van der Waals surface area contributed by atoms with E-state index in [1.165, 1.54) is 4.57 Å². The van der Waals surface area contributed by atoms with E-state index in [9.17, 15) is 22.4 Å². The lowest BCUT2D eigenvalue weighted by molar-refractivity contribution is -0.0544. The van der Waals surface area contributed by atoms with Gasteiger partial charge in [0.25, 0.3) is 0 Å². The number of fused-ring (bicyclic) bond motifs is 1. The zero-order valence-corrected chi connectivity index (χ0v) is 14.3. The molecule has 10 heteroatoms. The largest absolute Gasteiger partial charge is 0.435 e. The van der Waals surface area contributed by atoms with Crippen LogP contribution in [-0.4, -0.2) is 28.6 Å². The molecule has 3 aromatic rings. The van der Waals surface area contributed by atoms with Crippen molar-refractivity contribution in [3.05, 3.63) is 52.8 Å². The second kappa shape index (κ2) is 7.78. The highest BCUT2D eigenvalue weighted by molar-refractivity contribution is 7.71. The first-order chi connectivity index (χ1) is 12.8. The number of nitrogens with one attached hydrogen (secondary N) is 1. The summed E-state index contributed by atoms with van der Waals surface area (Å²) < 4.78 is 60.2. The summed E-state index contributed by atoms with van der Waals surface area (Å²) in [7, 11) is 0. The van der Waals surface area contributed by atoms with Crippen LogP contribution in [0.5, 0.6) is 11.5 Å². The Morgan fingerprint density at radius 1 is 1.07 bits per heavy atom. The lowest BCUT2D eigenvalue weighted by atomic mass is 10.1. The zero-order chi connectivity index (χ0) is 19.6. The number of aromatic amines is 1. The molecular formula is C17H12F4N2O3S. The minimum absolute atomic E-state index is 0.205. The van der Waals surface area contributed by atoms with Crippen molar-refractivity contribution in [2.24, 2.45) is 0 Å². The van der Waals surface area contributed by atoms with E-state index >= 15 is 0 Å². The molecule has 0 amide bonds. The maximum absolute atomic E-state index is 12.7. The Hall–Kier alpha value is -2.88. The Bertz CT molecular complexity index is 1030. The highest BCUT2D eigenvalue weighted by Gasteiger charge is 2.19. The minimum atomic E-state index is -3.24. The van der Waals surface area contributed by atoms with E-state index in [1.807, 2.05) is 0 Å². The Morgan fingerprint density at radius 2 is 1.78 bits per heavy atom. The fourth-order valence-corrected chi connectivity index (χ4v) is 2.87. The lowest BCUT2D eigenvalue weighted by Crippen LogP contribution is -2.14. The molecule has 2 aromatic carbocycles. The Balaban J connectivity index is 1.95. The molecule has 0 atom stereocenters. The molecule has 0 radical (unpaired) electrons. The van der Waals surface area contributed by atoms with Gasteiger partial charge in [0.05, 0.1) is 23.1 Å². The fraction of sp³-hybridized carbons (Fsp3) is 0.176. The fourth-order valence-electron chi connectivity index (χ4n) is 2.60. The standard InChI is InChI=1S/C17H12F4N2O3S/c18-15(19)25-9-5-6-10(14(7-9)26-16(20)21)13(24)8-23-12-4-2-1-3-11(12)22-17(23)27/h1-7,15-16H,8H2,(H,22,27). The first-order valence-electron chi connectivity index (χ1n) is 7.59. The quantitative estimate of drug-likeness (QED) is 0.352. The molecule has 0 aliphatic heterocycles. The number of para-hydroxylation sites is 2. The minimum Gasteiger partial charge on any atom is -0.435 e. The van der Waals surface area contributed by atoms with Crippen molar-refractivity contribution >= 4 is 29.0 Å². The van der Waals surface area contributed by atoms with Gasteiger partial charge in [0.15, 0.2) is 10.6 Å². The van der Waals surface area contributed by atoms with E-state index < -0.39 is 30.5 Å². The molecule has 1 heterocycles. The van der Waals surface area contributed by atoms with Crippen molar-refractivity contribution in [3.63, 3.8) is 0 Å². The number of H-pyrrole nitrogens is 1. The molecule has 0 spiro atoms. The van der Waals surface area contributed by atoms with Crippen molar-refractivity contribution < 1.29 is 31.8 Å². The number of alkyl halides is 4. The van der Waals surface area contributed by atoms with Crippen molar-refractivity contribution in [2.75, 3.05) is 0 Å². The number of Topliss-reactive ketones (excluding diaryl/α,β-unsaturated/α-hetero) is 1. The van der Waals surface area contributed by atoms with Crippen LogP contribution in [0.1, 0.15) is 10.4 Å². The third-order valence-corrected chi connectivity index (χ3v) is 4.00. The Labute approximate surface area is 155 Å². The van der Waals surface area contributed by atoms with Crippen LogP contribution >= 0.6 is 12.2 Å². The molecular weight excluding hydrogens is 388 g/mol. The molecule has 0 saturated heterocycles. The third kappa shape index (κ3) is 4.27. The number of imidazole rings is 1. The van der Waals surface area contributed by atoms with Gasteiger partial charge in [0.2, 0.25) is 0 Å². The number of carbonyl (C=O) groups excluding carboxylic acids is 1. The lowest BCUT2D eigenvalue weighted by Gasteiger charge is -2.13. The summed E-state index contributed by atoms with van der Waals surface area (Å²) in [6, 6.07) is 10.0. The van der Waals surface area contributed by atoms with Gasteiger partial charge in [-0.3, -0.25) is 4.79 Å². The van der Waals surface area contributed by atoms with E-state index in [4.69, 9.17) is 12.2 Å². The molecule has 3 rings (SSSR count). The number of ketones is 1. The number of rotatable bonds is 7. The summed E-state index contributed by atoms with van der Waals surface area (Å²) in [5.74, 6) is -1.55. The predicted molar refractivity (Wildman–Crippen MR) is 91.2 cm³/mol. The average molecular weight is 400 g/mol. The number of halogens is 4. The number of carbonyl (C=O) groups is 1. The van der Waals surface area contributed by atoms with Crippen LogP contribution < -0.4 is 9.47 Å². The van der Waals surface area contributed by atoms with Crippen molar-refractivity contribution in [1.82, 2.24) is 9.55 Å². The molecule has 1 aromatic heterocycles. The number of hydrogen-bond donors (Lipinski definition) is 1.